The van der Waals surface area contributed by atoms with E-state index in [0.29, 0.717) is 23.8 Å². The Labute approximate surface area is 119 Å². The molecule has 0 aliphatic rings. The van der Waals surface area contributed by atoms with Crippen LogP contribution in [-0.2, 0) is 6.54 Å². The normalized spacial score (nSPS) is 13.6. The summed E-state index contributed by atoms with van der Waals surface area (Å²) in [6.07, 6.45) is 0. The number of hydrogen-bond acceptors (Lipinski definition) is 5. The van der Waals surface area contributed by atoms with Gasteiger partial charge in [0.2, 0.25) is 0 Å². The van der Waals surface area contributed by atoms with E-state index in [-0.39, 0.29) is 18.5 Å². The van der Waals surface area contributed by atoms with Gasteiger partial charge in [-0.25, -0.2) is 0 Å². The number of oxime groups is 1. The Kier molecular flexibility index (Phi) is 6.27. The fourth-order valence-electron chi connectivity index (χ4n) is 1.87. The van der Waals surface area contributed by atoms with Gasteiger partial charge < -0.3 is 26.1 Å². The number of rotatable bonds is 7. The zero-order chi connectivity index (χ0) is 15.1. The highest BCUT2D eigenvalue weighted by molar-refractivity contribution is 5.99. The Morgan fingerprint density at radius 2 is 2.15 bits per heavy atom. The Morgan fingerprint density at radius 1 is 1.45 bits per heavy atom. The minimum absolute atomic E-state index is 0.0109. The quantitative estimate of drug-likeness (QED) is 0.257. The van der Waals surface area contributed by atoms with Gasteiger partial charge >= 0.3 is 0 Å². The molecule has 0 bridgehead atoms. The largest absolute Gasteiger partial charge is 0.496 e. The first kappa shape index (κ1) is 16.3. The maximum absolute atomic E-state index is 9.28. The zero-order valence-electron chi connectivity index (χ0n) is 12.1. The average Bonchev–Trinajstić information content (AvgIpc) is 2.46. The molecule has 0 aromatic heterocycles. The summed E-state index contributed by atoms with van der Waals surface area (Å²) in [6.45, 7) is 4.80. The molecule has 0 radical (unpaired) electrons. The van der Waals surface area contributed by atoms with Gasteiger partial charge in [-0.05, 0) is 23.6 Å². The standard InChI is InChI=1S/C14H23N3O3/c1-9(2)12(8-18)16-7-10-4-5-11(14(15)17-19)13(6-10)20-3/h4-6,9,12,16,18-19H,7-8H2,1-3H3,(H2,15,17). The smallest absolute Gasteiger partial charge is 0.173 e. The van der Waals surface area contributed by atoms with Crippen molar-refractivity contribution in [1.82, 2.24) is 5.32 Å². The summed E-state index contributed by atoms with van der Waals surface area (Å²) in [5, 5.41) is 24.2. The highest BCUT2D eigenvalue weighted by Crippen LogP contribution is 2.20. The number of ether oxygens (including phenoxy) is 1. The monoisotopic (exact) mass is 281 g/mol. The number of amidine groups is 1. The molecule has 1 atom stereocenters. The average molecular weight is 281 g/mol. The minimum atomic E-state index is 0.0109. The lowest BCUT2D eigenvalue weighted by Crippen LogP contribution is -2.36. The summed E-state index contributed by atoms with van der Waals surface area (Å²) in [6, 6.07) is 5.49. The van der Waals surface area contributed by atoms with E-state index in [2.05, 4.69) is 24.3 Å². The second kappa shape index (κ2) is 7.72. The van der Waals surface area contributed by atoms with Crippen molar-refractivity contribution < 1.29 is 15.1 Å². The molecule has 6 heteroatoms. The van der Waals surface area contributed by atoms with Gasteiger partial charge in [-0.15, -0.1) is 0 Å². The molecule has 0 saturated carbocycles. The number of hydrogen-bond donors (Lipinski definition) is 4. The summed E-state index contributed by atoms with van der Waals surface area (Å²) in [5.41, 5.74) is 7.11. The third kappa shape index (κ3) is 4.11. The van der Waals surface area contributed by atoms with Crippen molar-refractivity contribution in [2.24, 2.45) is 16.8 Å². The second-order valence-electron chi connectivity index (χ2n) is 4.93. The summed E-state index contributed by atoms with van der Waals surface area (Å²) >= 11 is 0. The second-order valence-corrected chi connectivity index (χ2v) is 4.93. The lowest BCUT2D eigenvalue weighted by atomic mass is 10.0. The molecule has 1 aromatic rings. The molecule has 0 saturated heterocycles. The molecule has 5 N–H and O–H groups in total. The molecular formula is C14H23N3O3. The van der Waals surface area contributed by atoms with Gasteiger partial charge in [0.25, 0.3) is 0 Å². The Hall–Kier alpha value is -1.79. The molecular weight excluding hydrogens is 258 g/mol. The number of aliphatic hydroxyl groups excluding tert-OH is 1. The van der Waals surface area contributed by atoms with Crippen LogP contribution in [0.25, 0.3) is 0 Å². The lowest BCUT2D eigenvalue weighted by molar-refractivity contribution is 0.210. The molecule has 0 aliphatic heterocycles. The molecule has 1 rings (SSSR count). The number of nitrogens with two attached hydrogens (primary N) is 1. The van der Waals surface area contributed by atoms with Gasteiger partial charge in [0.15, 0.2) is 5.84 Å². The third-order valence-electron chi connectivity index (χ3n) is 3.22. The molecule has 0 amide bonds. The lowest BCUT2D eigenvalue weighted by Gasteiger charge is -2.20. The summed E-state index contributed by atoms with van der Waals surface area (Å²) in [4.78, 5) is 0. The minimum Gasteiger partial charge on any atom is -0.496 e. The molecule has 1 aromatic carbocycles. The van der Waals surface area contributed by atoms with E-state index in [1.165, 1.54) is 7.11 Å². The van der Waals surface area contributed by atoms with Gasteiger partial charge in [-0.1, -0.05) is 25.1 Å². The van der Waals surface area contributed by atoms with Crippen LogP contribution in [0, 0.1) is 5.92 Å². The SMILES string of the molecule is COc1cc(CNC(CO)C(C)C)ccc1/C(N)=N/O. The van der Waals surface area contributed by atoms with E-state index >= 15 is 0 Å². The van der Waals surface area contributed by atoms with E-state index in [4.69, 9.17) is 15.7 Å². The first-order valence-corrected chi connectivity index (χ1v) is 6.52. The fourth-order valence-corrected chi connectivity index (χ4v) is 1.87. The van der Waals surface area contributed by atoms with Crippen molar-refractivity contribution >= 4 is 5.84 Å². The highest BCUT2D eigenvalue weighted by atomic mass is 16.5. The van der Waals surface area contributed by atoms with Crippen molar-refractivity contribution in [2.75, 3.05) is 13.7 Å². The number of aliphatic hydroxyl groups is 1. The van der Waals surface area contributed by atoms with Crippen LogP contribution in [-0.4, -0.2) is 35.9 Å². The summed E-state index contributed by atoms with van der Waals surface area (Å²) in [7, 11) is 1.53. The fraction of sp³-hybridized carbons (Fsp3) is 0.500. The molecule has 1 unspecified atom stereocenters. The topological polar surface area (TPSA) is 100 Å². The van der Waals surface area contributed by atoms with Crippen molar-refractivity contribution in [3.8, 4) is 5.75 Å². The number of nitrogens with one attached hydrogen (secondary N) is 1. The zero-order valence-corrected chi connectivity index (χ0v) is 12.1. The first-order valence-electron chi connectivity index (χ1n) is 6.52. The predicted molar refractivity (Wildman–Crippen MR) is 78.1 cm³/mol. The van der Waals surface area contributed by atoms with Crippen LogP contribution in [0.2, 0.25) is 0 Å². The number of nitrogens with zero attached hydrogens (tertiary/aromatic N) is 1. The maximum Gasteiger partial charge on any atom is 0.173 e. The van der Waals surface area contributed by atoms with Crippen LogP contribution in [0.3, 0.4) is 0 Å². The van der Waals surface area contributed by atoms with E-state index in [0.717, 1.165) is 5.56 Å². The van der Waals surface area contributed by atoms with Crippen LogP contribution in [0.1, 0.15) is 25.0 Å². The van der Waals surface area contributed by atoms with Gasteiger partial charge in [-0.2, -0.15) is 0 Å². The van der Waals surface area contributed by atoms with Crippen LogP contribution in [0.15, 0.2) is 23.4 Å². The molecule has 6 nitrogen and oxygen atoms in total. The van der Waals surface area contributed by atoms with E-state index < -0.39 is 0 Å². The van der Waals surface area contributed by atoms with E-state index in [1.54, 1.807) is 6.07 Å². The summed E-state index contributed by atoms with van der Waals surface area (Å²) in [5.74, 6) is 0.903. The van der Waals surface area contributed by atoms with Crippen LogP contribution in [0.5, 0.6) is 5.75 Å². The number of benzene rings is 1. The van der Waals surface area contributed by atoms with Crippen molar-refractivity contribution in [3.05, 3.63) is 29.3 Å². The van der Waals surface area contributed by atoms with Crippen molar-refractivity contribution in [1.29, 1.82) is 0 Å². The predicted octanol–water partition coefficient (Wildman–Crippen LogP) is 0.896. The maximum atomic E-state index is 9.28. The Balaban J connectivity index is 2.83. The van der Waals surface area contributed by atoms with E-state index in [1.807, 2.05) is 12.1 Å². The Morgan fingerprint density at radius 3 is 2.65 bits per heavy atom. The van der Waals surface area contributed by atoms with Crippen LogP contribution in [0.4, 0.5) is 0 Å². The molecule has 112 valence electrons. The molecule has 20 heavy (non-hydrogen) atoms. The Bertz CT molecular complexity index is 461. The third-order valence-corrected chi connectivity index (χ3v) is 3.22. The highest BCUT2D eigenvalue weighted by Gasteiger charge is 2.12. The van der Waals surface area contributed by atoms with Crippen molar-refractivity contribution in [3.63, 3.8) is 0 Å². The van der Waals surface area contributed by atoms with Gasteiger partial charge in [-0.3, -0.25) is 0 Å². The van der Waals surface area contributed by atoms with Gasteiger partial charge in [0.1, 0.15) is 5.75 Å². The first-order chi connectivity index (χ1) is 9.53. The van der Waals surface area contributed by atoms with E-state index in [9.17, 15) is 5.11 Å². The molecule has 0 fully saturated rings. The van der Waals surface area contributed by atoms with Gasteiger partial charge in [0.05, 0.1) is 19.3 Å². The van der Waals surface area contributed by atoms with Crippen LogP contribution < -0.4 is 15.8 Å². The molecule has 0 aliphatic carbocycles. The molecule has 0 spiro atoms. The van der Waals surface area contributed by atoms with Crippen LogP contribution >= 0.6 is 0 Å². The van der Waals surface area contributed by atoms with Crippen molar-refractivity contribution in [2.45, 2.75) is 26.4 Å². The van der Waals surface area contributed by atoms with Gasteiger partial charge in [0, 0.05) is 12.6 Å². The number of methoxy groups -OCH3 is 1. The summed E-state index contributed by atoms with van der Waals surface area (Å²) < 4.78 is 5.24. The molecule has 0 heterocycles.